The summed E-state index contributed by atoms with van der Waals surface area (Å²) >= 11 is 1.46. The Labute approximate surface area is 153 Å². The van der Waals surface area contributed by atoms with Crippen LogP contribution in [0.5, 0.6) is 5.88 Å². The van der Waals surface area contributed by atoms with E-state index in [1.54, 1.807) is 25.3 Å². The van der Waals surface area contributed by atoms with Crippen molar-refractivity contribution in [3.8, 4) is 17.3 Å². The molecule has 0 saturated heterocycles. The van der Waals surface area contributed by atoms with Gasteiger partial charge in [0, 0.05) is 11.1 Å². The zero-order valence-corrected chi connectivity index (χ0v) is 15.1. The minimum Gasteiger partial charge on any atom is -0.480 e. The predicted molar refractivity (Wildman–Crippen MR) is 94.5 cm³/mol. The van der Waals surface area contributed by atoms with E-state index in [9.17, 15) is 4.79 Å². The van der Waals surface area contributed by atoms with E-state index >= 15 is 0 Å². The molecule has 1 amide bonds. The summed E-state index contributed by atoms with van der Waals surface area (Å²) in [7, 11) is 1.48. The topological polar surface area (TPSA) is 99.4 Å². The van der Waals surface area contributed by atoms with Crippen LogP contribution in [0.1, 0.15) is 26.6 Å². The van der Waals surface area contributed by atoms with Crippen LogP contribution in [-0.4, -0.2) is 34.7 Å². The molecular formula is C17H16N4O4S. The minimum absolute atomic E-state index is 0.268. The van der Waals surface area contributed by atoms with Gasteiger partial charge in [0.2, 0.25) is 5.88 Å². The van der Waals surface area contributed by atoms with Crippen molar-refractivity contribution in [2.75, 3.05) is 19.0 Å². The molecule has 4 heterocycles. The molecule has 0 bridgehead atoms. The number of carbonyl (C=O) groups excluding carboxylic acids is 1. The van der Waals surface area contributed by atoms with E-state index in [1.807, 2.05) is 0 Å². The largest absolute Gasteiger partial charge is 0.480 e. The highest BCUT2D eigenvalue weighted by Gasteiger charge is 2.27. The molecule has 0 atom stereocenters. The lowest BCUT2D eigenvalue weighted by Gasteiger charge is -2.12. The van der Waals surface area contributed by atoms with E-state index in [0.29, 0.717) is 35.5 Å². The SMILES string of the molecule is COc1ncccc1C(=O)Nc1sc2c(c1-c1nc(C)no1)CCOC2. The number of nitrogens with one attached hydrogen (secondary N) is 1. The van der Waals surface area contributed by atoms with Gasteiger partial charge in [0.05, 0.1) is 25.9 Å². The van der Waals surface area contributed by atoms with Crippen LogP contribution in [0.25, 0.3) is 11.5 Å². The molecule has 0 radical (unpaired) electrons. The monoisotopic (exact) mass is 372 g/mol. The molecule has 1 N–H and O–H groups in total. The molecule has 26 heavy (non-hydrogen) atoms. The van der Waals surface area contributed by atoms with E-state index in [-0.39, 0.29) is 11.8 Å². The van der Waals surface area contributed by atoms with Crippen molar-refractivity contribution in [1.82, 2.24) is 15.1 Å². The van der Waals surface area contributed by atoms with Crippen LogP contribution in [0, 0.1) is 6.92 Å². The number of hydrogen-bond donors (Lipinski definition) is 1. The van der Waals surface area contributed by atoms with Gasteiger partial charge in [0.1, 0.15) is 10.6 Å². The third kappa shape index (κ3) is 2.95. The molecule has 134 valence electrons. The first kappa shape index (κ1) is 16.7. The predicted octanol–water partition coefficient (Wildman–Crippen LogP) is 2.84. The molecule has 0 aliphatic carbocycles. The molecule has 3 aromatic heterocycles. The van der Waals surface area contributed by atoms with E-state index in [0.717, 1.165) is 22.4 Å². The van der Waals surface area contributed by atoms with E-state index < -0.39 is 0 Å². The number of fused-ring (bicyclic) bond motifs is 1. The Morgan fingerprint density at radius 1 is 1.42 bits per heavy atom. The van der Waals surface area contributed by atoms with Crippen molar-refractivity contribution in [3.63, 3.8) is 0 Å². The number of aromatic nitrogens is 3. The van der Waals surface area contributed by atoms with Gasteiger partial charge >= 0.3 is 0 Å². The highest BCUT2D eigenvalue weighted by atomic mass is 32.1. The molecule has 0 fully saturated rings. The van der Waals surface area contributed by atoms with Gasteiger partial charge in [-0.2, -0.15) is 4.98 Å². The second kappa shape index (κ2) is 6.85. The molecule has 3 aromatic rings. The number of rotatable bonds is 4. The lowest BCUT2D eigenvalue weighted by Crippen LogP contribution is -2.13. The number of methoxy groups -OCH3 is 1. The molecule has 0 unspecified atom stereocenters. The summed E-state index contributed by atoms with van der Waals surface area (Å²) in [6.45, 7) is 2.88. The number of ether oxygens (including phenoxy) is 2. The number of nitrogens with zero attached hydrogens (tertiary/aromatic N) is 3. The number of amides is 1. The summed E-state index contributed by atoms with van der Waals surface area (Å²) in [5, 5.41) is 7.47. The summed E-state index contributed by atoms with van der Waals surface area (Å²) in [6.07, 6.45) is 2.30. The van der Waals surface area contributed by atoms with Crippen molar-refractivity contribution in [3.05, 3.63) is 40.2 Å². The van der Waals surface area contributed by atoms with Gasteiger partial charge in [-0.1, -0.05) is 5.16 Å². The molecule has 1 aliphatic heterocycles. The Balaban J connectivity index is 1.74. The number of thiophene rings is 1. The first-order valence-electron chi connectivity index (χ1n) is 8.00. The summed E-state index contributed by atoms with van der Waals surface area (Å²) in [4.78, 5) is 22.2. The summed E-state index contributed by atoms with van der Waals surface area (Å²) < 4.78 is 16.1. The summed E-state index contributed by atoms with van der Waals surface area (Å²) in [6, 6.07) is 3.35. The normalized spacial score (nSPS) is 13.3. The van der Waals surface area contributed by atoms with Crippen molar-refractivity contribution in [2.24, 2.45) is 0 Å². The van der Waals surface area contributed by atoms with Gasteiger partial charge in [-0.05, 0) is 31.0 Å². The fourth-order valence-electron chi connectivity index (χ4n) is 2.84. The first-order valence-corrected chi connectivity index (χ1v) is 8.82. The summed E-state index contributed by atoms with van der Waals surface area (Å²) in [5.41, 5.74) is 2.20. The molecule has 0 aromatic carbocycles. The number of hydrogen-bond acceptors (Lipinski definition) is 8. The van der Waals surface area contributed by atoms with Crippen LogP contribution in [0.3, 0.4) is 0 Å². The van der Waals surface area contributed by atoms with Crippen LogP contribution < -0.4 is 10.1 Å². The van der Waals surface area contributed by atoms with Crippen LogP contribution in [0.4, 0.5) is 5.00 Å². The fraction of sp³-hybridized carbons (Fsp3) is 0.294. The molecule has 0 spiro atoms. The second-order valence-electron chi connectivity index (χ2n) is 5.67. The van der Waals surface area contributed by atoms with E-state index in [1.165, 1.54) is 18.4 Å². The number of pyridine rings is 1. The van der Waals surface area contributed by atoms with Gasteiger partial charge in [-0.3, -0.25) is 4.79 Å². The third-order valence-electron chi connectivity index (χ3n) is 4.00. The first-order chi connectivity index (χ1) is 12.7. The average molecular weight is 372 g/mol. The van der Waals surface area contributed by atoms with Gasteiger partial charge in [-0.25, -0.2) is 4.98 Å². The van der Waals surface area contributed by atoms with Crippen LogP contribution >= 0.6 is 11.3 Å². The molecule has 0 saturated carbocycles. The third-order valence-corrected chi connectivity index (χ3v) is 5.12. The quantitative estimate of drug-likeness (QED) is 0.752. The maximum atomic E-state index is 12.8. The Bertz CT molecular complexity index is 966. The molecule has 4 rings (SSSR count). The Morgan fingerprint density at radius 3 is 3.08 bits per heavy atom. The Hall–Kier alpha value is -2.78. The van der Waals surface area contributed by atoms with Crippen LogP contribution in [-0.2, 0) is 17.8 Å². The van der Waals surface area contributed by atoms with E-state index in [2.05, 4.69) is 20.4 Å². The van der Waals surface area contributed by atoms with Crippen molar-refractivity contribution in [1.29, 1.82) is 0 Å². The lowest BCUT2D eigenvalue weighted by atomic mass is 10.1. The maximum Gasteiger partial charge on any atom is 0.261 e. The molecular weight excluding hydrogens is 356 g/mol. The van der Waals surface area contributed by atoms with Crippen LogP contribution in [0.2, 0.25) is 0 Å². The molecule has 9 heteroatoms. The number of anilines is 1. The van der Waals surface area contributed by atoms with Gasteiger partial charge < -0.3 is 19.3 Å². The lowest BCUT2D eigenvalue weighted by molar-refractivity contribution is 0.102. The van der Waals surface area contributed by atoms with Crippen LogP contribution in [0.15, 0.2) is 22.9 Å². The Morgan fingerprint density at radius 2 is 2.31 bits per heavy atom. The van der Waals surface area contributed by atoms with Crippen molar-refractivity contribution >= 4 is 22.2 Å². The average Bonchev–Trinajstić information content (AvgIpc) is 3.24. The highest BCUT2D eigenvalue weighted by Crippen LogP contribution is 2.42. The molecule has 8 nitrogen and oxygen atoms in total. The zero-order valence-electron chi connectivity index (χ0n) is 14.2. The van der Waals surface area contributed by atoms with Gasteiger partial charge in [0.25, 0.3) is 11.8 Å². The minimum atomic E-state index is -0.313. The van der Waals surface area contributed by atoms with Gasteiger partial charge in [0.15, 0.2) is 5.82 Å². The molecule has 1 aliphatic rings. The van der Waals surface area contributed by atoms with E-state index in [4.69, 9.17) is 14.0 Å². The smallest absolute Gasteiger partial charge is 0.261 e. The summed E-state index contributed by atoms with van der Waals surface area (Å²) in [5.74, 6) is 0.894. The maximum absolute atomic E-state index is 12.8. The second-order valence-corrected chi connectivity index (χ2v) is 6.78. The fourth-order valence-corrected chi connectivity index (χ4v) is 4.01. The number of aryl methyl sites for hydroxylation is 1. The Kier molecular flexibility index (Phi) is 4.39. The standard InChI is InChI=1S/C17H16N4O4S/c1-9-19-16(25-21-9)13-10-5-7-24-8-12(10)26-17(13)20-14(22)11-4-3-6-18-15(11)23-2/h3-4,6H,5,7-8H2,1-2H3,(H,20,22). The van der Waals surface area contributed by atoms with Crippen molar-refractivity contribution < 1.29 is 18.8 Å². The van der Waals surface area contributed by atoms with Crippen molar-refractivity contribution in [2.45, 2.75) is 20.0 Å². The zero-order chi connectivity index (χ0) is 18.1. The van der Waals surface area contributed by atoms with Gasteiger partial charge in [-0.15, -0.1) is 11.3 Å². The number of carbonyl (C=O) groups is 1. The highest BCUT2D eigenvalue weighted by molar-refractivity contribution is 7.17.